The third kappa shape index (κ3) is 3.38. The summed E-state index contributed by atoms with van der Waals surface area (Å²) < 4.78 is 1.16. The minimum Gasteiger partial charge on any atom is -0.478 e. The average molecular weight is 365 g/mol. The van der Waals surface area contributed by atoms with Crippen molar-refractivity contribution in [2.24, 2.45) is 0 Å². The quantitative estimate of drug-likeness (QED) is 0.537. The minimum atomic E-state index is -1.02. The Morgan fingerprint density at radius 2 is 2.09 bits per heavy atom. The van der Waals surface area contributed by atoms with Crippen LogP contribution in [0.5, 0.6) is 0 Å². The summed E-state index contributed by atoms with van der Waals surface area (Å²) in [5.74, 6) is -1.02. The summed E-state index contributed by atoms with van der Waals surface area (Å²) in [5, 5.41) is 21.6. The second-order valence-corrected chi connectivity index (χ2v) is 7.53. The highest BCUT2D eigenvalue weighted by atomic mass is 32.2. The van der Waals surface area contributed by atoms with Crippen LogP contribution in [0.1, 0.15) is 10.4 Å². The fourth-order valence-corrected chi connectivity index (χ4v) is 4.57. The zero-order valence-electron chi connectivity index (χ0n) is 11.2. The molecule has 23 heavy (non-hydrogen) atoms. The van der Waals surface area contributed by atoms with E-state index in [4.69, 9.17) is 0 Å². The van der Waals surface area contributed by atoms with Crippen LogP contribution in [0, 0.1) is 10.1 Å². The van der Waals surface area contributed by atoms with Crippen LogP contribution in [0.4, 0.5) is 5.00 Å². The van der Waals surface area contributed by atoms with E-state index in [1.807, 2.05) is 0 Å². The smallest absolute Gasteiger partial charge is 0.344 e. The van der Waals surface area contributed by atoms with Crippen molar-refractivity contribution in [3.8, 4) is 11.3 Å². The molecule has 1 aromatic carbocycles. The highest BCUT2D eigenvalue weighted by Crippen LogP contribution is 2.37. The molecular weight excluding hydrogens is 358 g/mol. The fraction of sp³-hybridized carbons (Fsp3) is 0. The van der Waals surface area contributed by atoms with Crippen LogP contribution in [-0.4, -0.2) is 26.0 Å². The van der Waals surface area contributed by atoms with Gasteiger partial charge >= 0.3 is 11.0 Å². The van der Waals surface area contributed by atoms with Crippen molar-refractivity contribution >= 4 is 45.4 Å². The number of aromatic carboxylic acids is 1. The third-order valence-corrected chi connectivity index (χ3v) is 5.71. The number of aromatic nitrogens is 2. The highest BCUT2D eigenvalue weighted by molar-refractivity contribution is 8.02. The molecule has 7 nitrogen and oxygen atoms in total. The number of carboxylic acid groups (broad SMARTS) is 1. The second kappa shape index (κ2) is 6.44. The van der Waals surface area contributed by atoms with Crippen LogP contribution < -0.4 is 0 Å². The Morgan fingerprint density at radius 3 is 2.78 bits per heavy atom. The molecule has 0 radical (unpaired) electrons. The number of nitro groups is 1. The number of nitrogens with zero attached hydrogens (tertiary/aromatic N) is 3. The molecule has 0 unspecified atom stereocenters. The maximum Gasteiger partial charge on any atom is 0.344 e. The number of thiazole rings is 2. The van der Waals surface area contributed by atoms with Crippen LogP contribution >= 0.6 is 34.4 Å². The fourth-order valence-electron chi connectivity index (χ4n) is 1.78. The Balaban J connectivity index is 1.86. The van der Waals surface area contributed by atoms with Crippen molar-refractivity contribution in [1.29, 1.82) is 0 Å². The molecule has 2 aromatic heterocycles. The van der Waals surface area contributed by atoms with E-state index in [0.29, 0.717) is 19.9 Å². The first-order valence-corrected chi connectivity index (χ1v) is 8.62. The molecular formula is C13H7N3O4S3. The van der Waals surface area contributed by atoms with Gasteiger partial charge in [0, 0.05) is 10.9 Å². The van der Waals surface area contributed by atoms with E-state index in [-0.39, 0.29) is 10.6 Å². The SMILES string of the molecule is O=C(O)c1ccccc1-c1csc(Sc2ncc([N+](=O)[O-])s2)n1. The molecule has 1 N–H and O–H groups in total. The number of hydrogen-bond acceptors (Lipinski definition) is 8. The van der Waals surface area contributed by atoms with Gasteiger partial charge in [0.2, 0.25) is 0 Å². The predicted molar refractivity (Wildman–Crippen MR) is 87.4 cm³/mol. The van der Waals surface area contributed by atoms with Crippen molar-refractivity contribution in [2.75, 3.05) is 0 Å². The lowest BCUT2D eigenvalue weighted by atomic mass is 10.1. The summed E-state index contributed by atoms with van der Waals surface area (Å²) in [5.41, 5.74) is 1.27. The predicted octanol–water partition coefficient (Wildman–Crippen LogP) is 4.02. The molecule has 0 amide bonds. The van der Waals surface area contributed by atoms with Gasteiger partial charge < -0.3 is 5.11 Å². The van der Waals surface area contributed by atoms with Gasteiger partial charge in [0.05, 0.1) is 16.2 Å². The Kier molecular flexibility index (Phi) is 4.37. The highest BCUT2D eigenvalue weighted by Gasteiger charge is 2.16. The number of carbonyl (C=O) groups is 1. The van der Waals surface area contributed by atoms with E-state index in [9.17, 15) is 20.0 Å². The van der Waals surface area contributed by atoms with Crippen LogP contribution in [0.2, 0.25) is 0 Å². The Morgan fingerprint density at radius 1 is 1.30 bits per heavy atom. The Hall–Kier alpha value is -2.30. The number of rotatable bonds is 5. The molecule has 0 saturated carbocycles. The molecule has 116 valence electrons. The molecule has 0 bridgehead atoms. The lowest BCUT2D eigenvalue weighted by Gasteiger charge is -2.01. The van der Waals surface area contributed by atoms with E-state index in [1.165, 1.54) is 35.4 Å². The summed E-state index contributed by atoms with van der Waals surface area (Å²) in [6.07, 6.45) is 1.21. The van der Waals surface area contributed by atoms with Crippen LogP contribution in [0.15, 0.2) is 44.5 Å². The molecule has 0 saturated heterocycles. The number of benzene rings is 1. The van der Waals surface area contributed by atoms with Crippen LogP contribution in [-0.2, 0) is 0 Å². The molecule has 0 aliphatic rings. The molecule has 3 aromatic rings. The monoisotopic (exact) mass is 365 g/mol. The van der Waals surface area contributed by atoms with Gasteiger partial charge in [-0.15, -0.1) is 11.3 Å². The summed E-state index contributed by atoms with van der Waals surface area (Å²) in [7, 11) is 0. The Labute approximate surface area is 141 Å². The molecule has 3 rings (SSSR count). The van der Waals surface area contributed by atoms with E-state index < -0.39 is 10.9 Å². The number of carboxylic acids is 1. The van der Waals surface area contributed by atoms with Crippen molar-refractivity contribution in [3.05, 3.63) is 51.5 Å². The first-order chi connectivity index (χ1) is 11.0. The van der Waals surface area contributed by atoms with Crippen LogP contribution in [0.3, 0.4) is 0 Å². The van der Waals surface area contributed by atoms with Crippen molar-refractivity contribution in [3.63, 3.8) is 0 Å². The molecule has 10 heteroatoms. The minimum absolute atomic E-state index is 0.0273. The first-order valence-electron chi connectivity index (χ1n) is 6.11. The lowest BCUT2D eigenvalue weighted by molar-refractivity contribution is -0.380. The molecule has 2 heterocycles. The van der Waals surface area contributed by atoms with Gasteiger partial charge in [-0.05, 0) is 29.2 Å². The zero-order chi connectivity index (χ0) is 16.4. The summed E-state index contributed by atoms with van der Waals surface area (Å²) in [4.78, 5) is 29.8. The Bertz CT molecular complexity index is 890. The molecule has 0 fully saturated rings. The van der Waals surface area contributed by atoms with Gasteiger partial charge in [-0.3, -0.25) is 10.1 Å². The summed E-state index contributed by atoms with van der Waals surface area (Å²) in [6, 6.07) is 6.62. The zero-order valence-corrected chi connectivity index (χ0v) is 13.7. The number of hydrogen-bond donors (Lipinski definition) is 1. The van der Waals surface area contributed by atoms with Crippen molar-refractivity contribution in [2.45, 2.75) is 8.68 Å². The van der Waals surface area contributed by atoms with Gasteiger partial charge in [0.1, 0.15) is 6.20 Å². The molecule has 0 aliphatic heterocycles. The second-order valence-electron chi connectivity index (χ2n) is 4.17. The third-order valence-electron chi connectivity index (χ3n) is 2.74. The van der Waals surface area contributed by atoms with Gasteiger partial charge in [-0.25, -0.2) is 14.8 Å². The largest absolute Gasteiger partial charge is 0.478 e. The van der Waals surface area contributed by atoms with E-state index >= 15 is 0 Å². The first kappa shape index (κ1) is 15.6. The maximum absolute atomic E-state index is 11.3. The van der Waals surface area contributed by atoms with Gasteiger partial charge in [-0.2, -0.15) is 0 Å². The van der Waals surface area contributed by atoms with Crippen molar-refractivity contribution < 1.29 is 14.8 Å². The van der Waals surface area contributed by atoms with Gasteiger partial charge in [0.25, 0.3) is 0 Å². The molecule has 0 aliphatic carbocycles. The average Bonchev–Trinajstić information content (AvgIpc) is 3.17. The molecule has 0 spiro atoms. The summed E-state index contributed by atoms with van der Waals surface area (Å²) >= 11 is 3.53. The lowest BCUT2D eigenvalue weighted by Crippen LogP contribution is -1.98. The maximum atomic E-state index is 11.3. The van der Waals surface area contributed by atoms with Crippen LogP contribution in [0.25, 0.3) is 11.3 Å². The van der Waals surface area contributed by atoms with E-state index in [0.717, 1.165) is 11.3 Å². The summed E-state index contributed by atoms with van der Waals surface area (Å²) in [6.45, 7) is 0. The van der Waals surface area contributed by atoms with Gasteiger partial charge in [0.15, 0.2) is 8.68 Å². The molecule has 0 atom stereocenters. The van der Waals surface area contributed by atoms with E-state index in [2.05, 4.69) is 9.97 Å². The normalized spacial score (nSPS) is 10.6. The van der Waals surface area contributed by atoms with E-state index in [1.54, 1.807) is 23.6 Å². The van der Waals surface area contributed by atoms with Crippen molar-refractivity contribution in [1.82, 2.24) is 9.97 Å². The topological polar surface area (TPSA) is 106 Å². The van der Waals surface area contributed by atoms with Gasteiger partial charge in [-0.1, -0.05) is 18.2 Å². The standard InChI is InChI=1S/C13H7N3O4S3/c17-11(18)8-4-2-1-3-7(8)9-6-21-13(15-9)23-12-14-5-10(22-12)16(19)20/h1-6H,(H,17,18).